The summed E-state index contributed by atoms with van der Waals surface area (Å²) in [6.45, 7) is 0.410. The highest BCUT2D eigenvalue weighted by Gasteiger charge is 2.18. The summed E-state index contributed by atoms with van der Waals surface area (Å²) in [7, 11) is 0. The van der Waals surface area contributed by atoms with Gasteiger partial charge in [-0.2, -0.15) is 0 Å². The molecule has 2 aromatic heterocycles. The van der Waals surface area contributed by atoms with Crippen molar-refractivity contribution in [3.63, 3.8) is 0 Å². The van der Waals surface area contributed by atoms with Gasteiger partial charge in [-0.15, -0.1) is 22.7 Å². The van der Waals surface area contributed by atoms with Gasteiger partial charge in [0.15, 0.2) is 0 Å². The standard InChI is InChI=1S/C14H10BrFN2OS2/c15-7-4-5-20-10(7)6-18-14(19)13-12(17)11-8(16)2-1-3-9(11)21-13/h1-5H,6,17H2,(H,18,19). The molecule has 21 heavy (non-hydrogen) atoms. The molecule has 1 aromatic carbocycles. The van der Waals surface area contributed by atoms with Gasteiger partial charge < -0.3 is 11.1 Å². The number of nitrogen functional groups attached to an aromatic ring is 1. The first-order valence-corrected chi connectivity index (χ1v) is 8.53. The number of benzene rings is 1. The number of hydrogen-bond acceptors (Lipinski definition) is 4. The predicted molar refractivity (Wildman–Crippen MR) is 89.4 cm³/mol. The van der Waals surface area contributed by atoms with E-state index in [-0.39, 0.29) is 11.6 Å². The van der Waals surface area contributed by atoms with Crippen molar-refractivity contribution in [2.45, 2.75) is 6.54 Å². The Morgan fingerprint density at radius 2 is 2.19 bits per heavy atom. The average Bonchev–Trinajstić information content (AvgIpc) is 3.01. The Labute approximate surface area is 136 Å². The van der Waals surface area contributed by atoms with E-state index in [2.05, 4.69) is 21.2 Å². The molecule has 3 N–H and O–H groups in total. The minimum atomic E-state index is -0.402. The summed E-state index contributed by atoms with van der Waals surface area (Å²) < 4.78 is 15.4. The molecular weight excluding hydrogens is 375 g/mol. The zero-order chi connectivity index (χ0) is 15.0. The molecule has 0 aliphatic rings. The Bertz CT molecular complexity index is 828. The van der Waals surface area contributed by atoms with E-state index in [1.807, 2.05) is 11.4 Å². The molecule has 0 unspecified atom stereocenters. The SMILES string of the molecule is Nc1c(C(=O)NCc2sccc2Br)sc2cccc(F)c12. The van der Waals surface area contributed by atoms with Gasteiger partial charge >= 0.3 is 0 Å². The van der Waals surface area contributed by atoms with Crippen LogP contribution in [0.2, 0.25) is 0 Å². The normalized spacial score (nSPS) is 11.0. The van der Waals surface area contributed by atoms with E-state index in [9.17, 15) is 9.18 Å². The summed E-state index contributed by atoms with van der Waals surface area (Å²) in [4.78, 5) is 13.6. The lowest BCUT2D eigenvalue weighted by molar-refractivity contribution is 0.0956. The number of nitrogens with two attached hydrogens (primary N) is 1. The summed E-state index contributed by atoms with van der Waals surface area (Å²) in [5, 5.41) is 5.08. The Hall–Kier alpha value is -1.44. The van der Waals surface area contributed by atoms with Gasteiger partial charge in [-0.3, -0.25) is 4.79 Å². The zero-order valence-electron chi connectivity index (χ0n) is 10.7. The minimum absolute atomic E-state index is 0.204. The van der Waals surface area contributed by atoms with E-state index in [0.29, 0.717) is 21.5 Å². The molecule has 0 saturated heterocycles. The lowest BCUT2D eigenvalue weighted by atomic mass is 10.2. The number of nitrogens with one attached hydrogen (secondary N) is 1. The molecule has 108 valence electrons. The highest BCUT2D eigenvalue weighted by molar-refractivity contribution is 9.10. The molecule has 0 aliphatic carbocycles. The zero-order valence-corrected chi connectivity index (χ0v) is 13.9. The Kier molecular flexibility index (Phi) is 3.97. The summed E-state index contributed by atoms with van der Waals surface area (Å²) in [6, 6.07) is 6.63. The molecule has 0 spiro atoms. The van der Waals surface area contributed by atoms with Crippen molar-refractivity contribution >= 4 is 60.3 Å². The maximum atomic E-state index is 13.8. The van der Waals surface area contributed by atoms with Gasteiger partial charge in [0.1, 0.15) is 10.7 Å². The number of rotatable bonds is 3. The highest BCUT2D eigenvalue weighted by Crippen LogP contribution is 2.35. The molecule has 3 rings (SSSR count). The van der Waals surface area contributed by atoms with Crippen LogP contribution in [0.15, 0.2) is 34.1 Å². The van der Waals surface area contributed by atoms with E-state index >= 15 is 0 Å². The van der Waals surface area contributed by atoms with Gasteiger partial charge in [-0.25, -0.2) is 4.39 Å². The van der Waals surface area contributed by atoms with Crippen LogP contribution in [0.1, 0.15) is 14.5 Å². The van der Waals surface area contributed by atoms with Crippen LogP contribution in [0.4, 0.5) is 10.1 Å². The van der Waals surface area contributed by atoms with Crippen molar-refractivity contribution in [2.24, 2.45) is 0 Å². The quantitative estimate of drug-likeness (QED) is 0.703. The fourth-order valence-electron chi connectivity index (χ4n) is 1.99. The maximum absolute atomic E-state index is 13.8. The van der Waals surface area contributed by atoms with Gasteiger partial charge in [0.05, 0.1) is 17.6 Å². The molecule has 0 saturated carbocycles. The number of hydrogen-bond donors (Lipinski definition) is 2. The van der Waals surface area contributed by atoms with Gasteiger partial charge in [-0.1, -0.05) is 6.07 Å². The molecular formula is C14H10BrFN2OS2. The molecule has 7 heteroatoms. The van der Waals surface area contributed by atoms with Crippen molar-refractivity contribution in [1.82, 2.24) is 5.32 Å². The molecule has 0 radical (unpaired) electrons. The van der Waals surface area contributed by atoms with Crippen molar-refractivity contribution in [3.8, 4) is 0 Å². The number of halogens is 2. The molecule has 0 aliphatic heterocycles. The van der Waals surface area contributed by atoms with E-state index in [1.165, 1.54) is 17.4 Å². The lowest BCUT2D eigenvalue weighted by Crippen LogP contribution is -2.22. The predicted octanol–water partition coefficient (Wildman–Crippen LogP) is 4.38. The topological polar surface area (TPSA) is 55.1 Å². The number of anilines is 1. The molecule has 0 fully saturated rings. The number of fused-ring (bicyclic) bond motifs is 1. The molecule has 2 heterocycles. The number of carbonyl (C=O) groups excluding carboxylic acids is 1. The lowest BCUT2D eigenvalue weighted by Gasteiger charge is -2.03. The second-order valence-electron chi connectivity index (χ2n) is 4.33. The van der Waals surface area contributed by atoms with E-state index in [0.717, 1.165) is 9.35 Å². The van der Waals surface area contributed by atoms with E-state index in [4.69, 9.17) is 5.73 Å². The van der Waals surface area contributed by atoms with Crippen LogP contribution in [-0.2, 0) is 6.54 Å². The van der Waals surface area contributed by atoms with Crippen LogP contribution in [0, 0.1) is 5.82 Å². The molecule has 0 atom stereocenters. The molecule has 3 nitrogen and oxygen atoms in total. The van der Waals surface area contributed by atoms with E-state index in [1.54, 1.807) is 23.5 Å². The van der Waals surface area contributed by atoms with Crippen LogP contribution in [0.5, 0.6) is 0 Å². The fraction of sp³-hybridized carbons (Fsp3) is 0.0714. The monoisotopic (exact) mass is 384 g/mol. The Morgan fingerprint density at radius 3 is 2.86 bits per heavy atom. The summed E-state index contributed by atoms with van der Waals surface area (Å²) in [5.74, 6) is -0.685. The summed E-state index contributed by atoms with van der Waals surface area (Å²) >= 11 is 6.16. The van der Waals surface area contributed by atoms with Crippen LogP contribution in [0.3, 0.4) is 0 Å². The maximum Gasteiger partial charge on any atom is 0.263 e. The van der Waals surface area contributed by atoms with Gasteiger partial charge in [0, 0.05) is 14.0 Å². The molecule has 3 aromatic rings. The third-order valence-corrected chi connectivity index (χ3v) is 6.10. The van der Waals surface area contributed by atoms with Crippen LogP contribution < -0.4 is 11.1 Å². The number of carbonyl (C=O) groups is 1. The Balaban J connectivity index is 1.87. The second kappa shape index (κ2) is 5.75. The van der Waals surface area contributed by atoms with E-state index < -0.39 is 5.82 Å². The third kappa shape index (κ3) is 2.68. The minimum Gasteiger partial charge on any atom is -0.397 e. The van der Waals surface area contributed by atoms with Gasteiger partial charge in [0.2, 0.25) is 0 Å². The Morgan fingerprint density at radius 1 is 1.38 bits per heavy atom. The number of amides is 1. The smallest absolute Gasteiger partial charge is 0.263 e. The van der Waals surface area contributed by atoms with Gasteiger partial charge in [0.25, 0.3) is 5.91 Å². The molecule has 0 bridgehead atoms. The summed E-state index contributed by atoms with van der Waals surface area (Å²) in [6.07, 6.45) is 0. The number of thiophene rings is 2. The van der Waals surface area contributed by atoms with Crippen molar-refractivity contribution in [3.05, 3.63) is 49.7 Å². The third-order valence-electron chi connectivity index (χ3n) is 3.01. The first kappa shape index (κ1) is 14.5. The average molecular weight is 385 g/mol. The van der Waals surface area contributed by atoms with Crippen molar-refractivity contribution < 1.29 is 9.18 Å². The largest absolute Gasteiger partial charge is 0.397 e. The first-order chi connectivity index (χ1) is 10.1. The van der Waals surface area contributed by atoms with Gasteiger partial charge in [-0.05, 0) is 39.5 Å². The second-order valence-corrected chi connectivity index (χ2v) is 7.24. The van der Waals surface area contributed by atoms with Crippen molar-refractivity contribution in [1.29, 1.82) is 0 Å². The highest BCUT2D eigenvalue weighted by atomic mass is 79.9. The summed E-state index contributed by atoms with van der Waals surface area (Å²) in [5.41, 5.74) is 6.13. The van der Waals surface area contributed by atoms with Crippen LogP contribution >= 0.6 is 38.6 Å². The van der Waals surface area contributed by atoms with Crippen LogP contribution in [0.25, 0.3) is 10.1 Å². The molecule has 1 amide bonds. The van der Waals surface area contributed by atoms with Crippen LogP contribution in [-0.4, -0.2) is 5.91 Å². The first-order valence-electron chi connectivity index (χ1n) is 6.04. The fourth-order valence-corrected chi connectivity index (χ4v) is 4.48. The van der Waals surface area contributed by atoms with Crippen molar-refractivity contribution in [2.75, 3.05) is 5.73 Å².